The van der Waals surface area contributed by atoms with Crippen LogP contribution in [0.1, 0.15) is 23.1 Å². The van der Waals surface area contributed by atoms with Crippen LogP contribution in [0.4, 0.5) is 0 Å². The number of guanidine groups is 1. The van der Waals surface area contributed by atoms with Crippen molar-refractivity contribution < 1.29 is 0 Å². The summed E-state index contributed by atoms with van der Waals surface area (Å²) in [5, 5.41) is 6.78. The number of imidazole rings is 1. The summed E-state index contributed by atoms with van der Waals surface area (Å²) in [5.41, 5.74) is 3.87. The Balaban J connectivity index is 1.42. The van der Waals surface area contributed by atoms with E-state index in [1.807, 2.05) is 19.6 Å². The molecule has 2 aromatic carbocycles. The third-order valence-corrected chi connectivity index (χ3v) is 4.38. The Labute approximate surface area is 161 Å². The van der Waals surface area contributed by atoms with E-state index in [4.69, 9.17) is 0 Å². The van der Waals surface area contributed by atoms with Crippen molar-refractivity contribution in [2.75, 3.05) is 13.6 Å². The summed E-state index contributed by atoms with van der Waals surface area (Å²) in [5.74, 6) is 0.836. The fourth-order valence-electron chi connectivity index (χ4n) is 2.98. The molecule has 1 heterocycles. The summed E-state index contributed by atoms with van der Waals surface area (Å²) in [7, 11) is 1.81. The first-order valence-corrected chi connectivity index (χ1v) is 9.35. The number of hydrogen-bond donors (Lipinski definition) is 2. The van der Waals surface area contributed by atoms with Gasteiger partial charge in [-0.25, -0.2) is 4.98 Å². The van der Waals surface area contributed by atoms with Crippen molar-refractivity contribution in [1.29, 1.82) is 0 Å². The van der Waals surface area contributed by atoms with Crippen molar-refractivity contribution in [3.8, 4) is 0 Å². The second kappa shape index (κ2) is 10.2. The van der Waals surface area contributed by atoms with Gasteiger partial charge in [-0.3, -0.25) is 4.99 Å². The zero-order valence-corrected chi connectivity index (χ0v) is 15.8. The van der Waals surface area contributed by atoms with Gasteiger partial charge >= 0.3 is 0 Å². The Morgan fingerprint density at radius 2 is 1.81 bits per heavy atom. The molecule has 0 aliphatic rings. The summed E-state index contributed by atoms with van der Waals surface area (Å²) >= 11 is 0. The third-order valence-electron chi connectivity index (χ3n) is 4.38. The largest absolute Gasteiger partial charge is 0.356 e. The first kappa shape index (κ1) is 18.7. The molecular formula is C22H27N5. The zero-order chi connectivity index (χ0) is 18.7. The molecule has 0 fully saturated rings. The monoisotopic (exact) mass is 361 g/mol. The number of aromatic nitrogens is 2. The van der Waals surface area contributed by atoms with E-state index in [9.17, 15) is 0 Å². The number of rotatable bonds is 8. The highest BCUT2D eigenvalue weighted by Crippen LogP contribution is 2.07. The van der Waals surface area contributed by atoms with E-state index in [2.05, 4.69) is 79.8 Å². The van der Waals surface area contributed by atoms with Crippen molar-refractivity contribution in [3.05, 3.63) is 90.0 Å². The van der Waals surface area contributed by atoms with Gasteiger partial charge in [0.15, 0.2) is 5.96 Å². The molecule has 3 rings (SSSR count). The lowest BCUT2D eigenvalue weighted by atomic mass is 10.1. The Kier molecular flexibility index (Phi) is 7.04. The van der Waals surface area contributed by atoms with Crippen molar-refractivity contribution in [3.63, 3.8) is 0 Å². The van der Waals surface area contributed by atoms with Gasteiger partial charge in [-0.2, -0.15) is 0 Å². The number of nitrogens with zero attached hydrogens (tertiary/aromatic N) is 3. The highest BCUT2D eigenvalue weighted by molar-refractivity contribution is 5.79. The average molecular weight is 361 g/mol. The molecule has 5 nitrogen and oxygen atoms in total. The van der Waals surface area contributed by atoms with Crippen LogP contribution in [-0.2, 0) is 19.5 Å². The van der Waals surface area contributed by atoms with Crippen molar-refractivity contribution >= 4 is 5.96 Å². The topological polar surface area (TPSA) is 54.2 Å². The first-order valence-electron chi connectivity index (χ1n) is 9.35. The van der Waals surface area contributed by atoms with Gasteiger partial charge in [-0.15, -0.1) is 0 Å². The number of aliphatic imine (C=N–C) groups is 1. The molecular weight excluding hydrogens is 334 g/mol. The lowest BCUT2D eigenvalue weighted by Crippen LogP contribution is -2.37. The van der Waals surface area contributed by atoms with E-state index in [0.29, 0.717) is 0 Å². The molecule has 0 saturated carbocycles. The Morgan fingerprint density at radius 3 is 2.59 bits per heavy atom. The van der Waals surface area contributed by atoms with Crippen LogP contribution in [0.25, 0.3) is 0 Å². The Hall–Kier alpha value is -3.08. The molecule has 3 aromatic rings. The molecule has 0 radical (unpaired) electrons. The summed E-state index contributed by atoms with van der Waals surface area (Å²) in [6, 6.07) is 19.2. The fourth-order valence-corrected chi connectivity index (χ4v) is 2.98. The maximum atomic E-state index is 4.31. The Bertz CT molecular complexity index is 825. The predicted molar refractivity (Wildman–Crippen MR) is 111 cm³/mol. The smallest absolute Gasteiger partial charge is 0.191 e. The van der Waals surface area contributed by atoms with Gasteiger partial charge in [0.05, 0.1) is 6.33 Å². The van der Waals surface area contributed by atoms with Gasteiger partial charge in [-0.05, 0) is 29.5 Å². The van der Waals surface area contributed by atoms with Crippen LogP contribution in [0, 0.1) is 0 Å². The minimum absolute atomic E-state index is 0.746. The van der Waals surface area contributed by atoms with Gasteiger partial charge in [0.25, 0.3) is 0 Å². The van der Waals surface area contributed by atoms with Crippen LogP contribution in [0.5, 0.6) is 0 Å². The van der Waals surface area contributed by atoms with Crippen LogP contribution < -0.4 is 10.6 Å². The van der Waals surface area contributed by atoms with Gasteiger partial charge in [-0.1, -0.05) is 54.6 Å². The minimum atomic E-state index is 0.746. The second-order valence-corrected chi connectivity index (χ2v) is 6.50. The summed E-state index contributed by atoms with van der Waals surface area (Å²) in [6.07, 6.45) is 7.77. The van der Waals surface area contributed by atoms with Crippen LogP contribution in [0.3, 0.4) is 0 Å². The van der Waals surface area contributed by atoms with Crippen molar-refractivity contribution in [2.24, 2.45) is 4.99 Å². The lowest BCUT2D eigenvalue weighted by molar-refractivity contribution is 0.741. The van der Waals surface area contributed by atoms with Gasteiger partial charge in [0.2, 0.25) is 0 Å². The molecule has 0 bridgehead atoms. The molecule has 0 aliphatic carbocycles. The van der Waals surface area contributed by atoms with Crippen molar-refractivity contribution in [2.45, 2.75) is 25.9 Å². The molecule has 0 atom stereocenters. The maximum Gasteiger partial charge on any atom is 0.191 e. The second-order valence-electron chi connectivity index (χ2n) is 6.50. The molecule has 0 saturated heterocycles. The third kappa shape index (κ3) is 6.29. The van der Waals surface area contributed by atoms with Gasteiger partial charge in [0.1, 0.15) is 0 Å². The highest BCUT2D eigenvalue weighted by atomic mass is 15.2. The minimum Gasteiger partial charge on any atom is -0.356 e. The SMILES string of the molecule is CN=C(NCCCc1ccccc1)NCc1cccc(Cn2ccnc2)c1. The molecule has 140 valence electrons. The number of hydrogen-bond acceptors (Lipinski definition) is 2. The number of benzene rings is 2. The average Bonchev–Trinajstić information content (AvgIpc) is 3.21. The normalized spacial score (nSPS) is 11.4. The van der Waals surface area contributed by atoms with Crippen LogP contribution in [0.15, 0.2) is 78.3 Å². The van der Waals surface area contributed by atoms with E-state index in [1.54, 1.807) is 6.20 Å². The van der Waals surface area contributed by atoms with Crippen molar-refractivity contribution in [1.82, 2.24) is 20.2 Å². The van der Waals surface area contributed by atoms with E-state index in [0.717, 1.165) is 38.4 Å². The predicted octanol–water partition coefficient (Wildman–Crippen LogP) is 3.23. The van der Waals surface area contributed by atoms with E-state index < -0.39 is 0 Å². The fraction of sp³-hybridized carbons (Fsp3) is 0.273. The molecule has 0 aliphatic heterocycles. The molecule has 2 N–H and O–H groups in total. The maximum absolute atomic E-state index is 4.31. The first-order chi connectivity index (χ1) is 13.3. The zero-order valence-electron chi connectivity index (χ0n) is 15.8. The van der Waals surface area contributed by atoms with Crippen LogP contribution in [0.2, 0.25) is 0 Å². The van der Waals surface area contributed by atoms with E-state index in [-0.39, 0.29) is 0 Å². The van der Waals surface area contributed by atoms with Crippen LogP contribution in [-0.4, -0.2) is 29.1 Å². The molecule has 0 unspecified atom stereocenters. The summed E-state index contributed by atoms with van der Waals surface area (Å²) in [6.45, 7) is 2.48. The molecule has 1 aromatic heterocycles. The summed E-state index contributed by atoms with van der Waals surface area (Å²) < 4.78 is 2.07. The number of nitrogens with one attached hydrogen (secondary N) is 2. The molecule has 5 heteroatoms. The molecule has 0 spiro atoms. The molecule has 27 heavy (non-hydrogen) atoms. The highest BCUT2D eigenvalue weighted by Gasteiger charge is 2.01. The number of aryl methyl sites for hydroxylation is 1. The van der Waals surface area contributed by atoms with Gasteiger partial charge < -0.3 is 15.2 Å². The molecule has 0 amide bonds. The van der Waals surface area contributed by atoms with Gasteiger partial charge in [0, 0.05) is 39.1 Å². The quantitative estimate of drug-likeness (QED) is 0.368. The summed E-state index contributed by atoms with van der Waals surface area (Å²) in [4.78, 5) is 8.41. The lowest BCUT2D eigenvalue weighted by Gasteiger charge is -2.13. The van der Waals surface area contributed by atoms with E-state index in [1.165, 1.54) is 16.7 Å². The standard InChI is InChI=1S/C22H27N5/c1-23-22(25-12-6-11-19-7-3-2-4-8-19)26-16-20-9-5-10-21(15-20)17-27-14-13-24-18-27/h2-5,7-10,13-15,18H,6,11-12,16-17H2,1H3,(H2,23,25,26). The Morgan fingerprint density at radius 1 is 1.00 bits per heavy atom. The van der Waals surface area contributed by atoms with Crippen LogP contribution >= 0.6 is 0 Å². The van der Waals surface area contributed by atoms with E-state index >= 15 is 0 Å².